The normalized spacial score (nSPS) is 11.5. The molecule has 0 amide bonds. The van der Waals surface area contributed by atoms with E-state index in [0.29, 0.717) is 0 Å². The second kappa shape index (κ2) is 5.02. The molecule has 0 N–H and O–H groups in total. The maximum atomic E-state index is 11.0. The lowest BCUT2D eigenvalue weighted by Crippen LogP contribution is -1.87. The van der Waals surface area contributed by atoms with E-state index in [1.807, 2.05) is 18.2 Å². The molecule has 0 heterocycles. The van der Waals surface area contributed by atoms with E-state index < -0.39 is 0 Å². The number of non-ortho nitro benzene ring substituents is 1. The van der Waals surface area contributed by atoms with E-state index >= 15 is 0 Å². The lowest BCUT2D eigenvalue weighted by molar-refractivity contribution is -0.384. The van der Waals surface area contributed by atoms with Crippen LogP contribution < -0.4 is 0 Å². The van der Waals surface area contributed by atoms with Crippen molar-refractivity contribution < 1.29 is 4.92 Å². The van der Waals surface area contributed by atoms with Gasteiger partial charge in [-0.1, -0.05) is 24.3 Å². The summed E-state index contributed by atoms with van der Waals surface area (Å²) in [7, 11) is 0. The predicted octanol–water partition coefficient (Wildman–Crippen LogP) is 6.21. The van der Waals surface area contributed by atoms with E-state index in [4.69, 9.17) is 0 Å². The number of nitro groups is 1. The van der Waals surface area contributed by atoms with Crippen molar-refractivity contribution in [2.45, 2.75) is 0 Å². The number of hydrogen-bond donors (Lipinski definition) is 0. The van der Waals surface area contributed by atoms with Gasteiger partial charge >= 0.3 is 0 Å². The Morgan fingerprint density at radius 2 is 0.920 bits per heavy atom. The molecule has 0 aliphatic carbocycles. The van der Waals surface area contributed by atoms with Crippen LogP contribution in [0.3, 0.4) is 0 Å². The standard InChI is InChI=1S/C22H13NO2/c24-23(25)22-6-5-16-9-19-10-17-7-14-3-1-2-4-15(14)8-18(17)11-20(19)12-21(16)13-22/h1-13H. The Kier molecular flexibility index (Phi) is 2.80. The third kappa shape index (κ3) is 2.21. The van der Waals surface area contributed by atoms with Crippen molar-refractivity contribution >= 4 is 48.8 Å². The van der Waals surface area contributed by atoms with Crippen LogP contribution >= 0.6 is 0 Å². The molecule has 0 spiro atoms. The van der Waals surface area contributed by atoms with Gasteiger partial charge in [-0.05, 0) is 85.6 Å². The summed E-state index contributed by atoms with van der Waals surface area (Å²) in [6.45, 7) is 0. The lowest BCUT2D eigenvalue weighted by atomic mass is 9.97. The number of rotatable bonds is 1. The van der Waals surface area contributed by atoms with Crippen LogP contribution in [0.4, 0.5) is 5.69 Å². The first-order valence-corrected chi connectivity index (χ1v) is 8.12. The van der Waals surface area contributed by atoms with E-state index in [2.05, 4.69) is 48.5 Å². The summed E-state index contributed by atoms with van der Waals surface area (Å²) in [5.74, 6) is 0. The van der Waals surface area contributed by atoms with Crippen molar-refractivity contribution in [1.29, 1.82) is 0 Å². The molecule has 5 rings (SSSR count). The average molecular weight is 323 g/mol. The topological polar surface area (TPSA) is 43.1 Å². The maximum absolute atomic E-state index is 11.0. The van der Waals surface area contributed by atoms with Crippen molar-refractivity contribution in [2.24, 2.45) is 0 Å². The Morgan fingerprint density at radius 1 is 0.520 bits per heavy atom. The quantitative estimate of drug-likeness (QED) is 0.209. The van der Waals surface area contributed by atoms with Crippen LogP contribution in [0.2, 0.25) is 0 Å². The first kappa shape index (κ1) is 13.9. The third-order valence-corrected chi connectivity index (χ3v) is 4.81. The number of nitrogens with zero attached hydrogens (tertiary/aromatic N) is 1. The summed E-state index contributed by atoms with van der Waals surface area (Å²) in [6, 6.07) is 26.2. The second-order valence-corrected chi connectivity index (χ2v) is 6.39. The van der Waals surface area contributed by atoms with Gasteiger partial charge in [0.1, 0.15) is 0 Å². The van der Waals surface area contributed by atoms with E-state index in [1.165, 1.54) is 21.5 Å². The van der Waals surface area contributed by atoms with Crippen molar-refractivity contribution in [3.05, 3.63) is 89.0 Å². The highest BCUT2D eigenvalue weighted by Crippen LogP contribution is 2.31. The molecule has 0 radical (unpaired) electrons. The highest BCUT2D eigenvalue weighted by molar-refractivity contribution is 6.08. The Morgan fingerprint density at radius 3 is 1.40 bits per heavy atom. The van der Waals surface area contributed by atoms with Gasteiger partial charge in [0.25, 0.3) is 5.69 Å². The minimum absolute atomic E-state index is 0.124. The lowest BCUT2D eigenvalue weighted by Gasteiger charge is -2.07. The molecule has 3 heteroatoms. The summed E-state index contributed by atoms with van der Waals surface area (Å²) in [6.07, 6.45) is 0. The predicted molar refractivity (Wildman–Crippen MR) is 103 cm³/mol. The van der Waals surface area contributed by atoms with Crippen LogP contribution in [0, 0.1) is 10.1 Å². The van der Waals surface area contributed by atoms with Crippen molar-refractivity contribution in [2.75, 3.05) is 0 Å². The Hall–Kier alpha value is -3.46. The molecule has 5 aromatic carbocycles. The van der Waals surface area contributed by atoms with Gasteiger partial charge in [0, 0.05) is 12.1 Å². The summed E-state index contributed by atoms with van der Waals surface area (Å²) >= 11 is 0. The van der Waals surface area contributed by atoms with Gasteiger partial charge in [-0.25, -0.2) is 0 Å². The molecule has 0 atom stereocenters. The number of nitro benzene ring substituents is 1. The fourth-order valence-electron chi connectivity index (χ4n) is 3.54. The van der Waals surface area contributed by atoms with Crippen LogP contribution in [0.25, 0.3) is 43.1 Å². The van der Waals surface area contributed by atoms with E-state index in [1.54, 1.807) is 12.1 Å². The molecule has 0 fully saturated rings. The molecule has 5 aromatic rings. The first-order chi connectivity index (χ1) is 12.2. The van der Waals surface area contributed by atoms with Crippen molar-refractivity contribution in [1.82, 2.24) is 0 Å². The summed E-state index contributed by atoms with van der Waals surface area (Å²) in [4.78, 5) is 10.7. The summed E-state index contributed by atoms with van der Waals surface area (Å²) in [5, 5.41) is 20.0. The molecule has 0 saturated carbocycles. The average Bonchev–Trinajstić information content (AvgIpc) is 2.62. The van der Waals surface area contributed by atoms with Gasteiger partial charge in [0.15, 0.2) is 0 Å². The van der Waals surface area contributed by atoms with Gasteiger partial charge in [-0.3, -0.25) is 10.1 Å². The van der Waals surface area contributed by atoms with Gasteiger partial charge in [-0.15, -0.1) is 0 Å². The van der Waals surface area contributed by atoms with Crippen LogP contribution in [0.1, 0.15) is 0 Å². The molecule has 0 aliphatic rings. The number of benzene rings is 5. The fraction of sp³-hybridized carbons (Fsp3) is 0. The number of hydrogen-bond acceptors (Lipinski definition) is 2. The zero-order valence-electron chi connectivity index (χ0n) is 13.3. The van der Waals surface area contributed by atoms with Gasteiger partial charge in [0.2, 0.25) is 0 Å². The molecule has 0 saturated heterocycles. The van der Waals surface area contributed by atoms with Crippen molar-refractivity contribution in [3.63, 3.8) is 0 Å². The van der Waals surface area contributed by atoms with Crippen LogP contribution in [0.15, 0.2) is 78.9 Å². The third-order valence-electron chi connectivity index (χ3n) is 4.81. The maximum Gasteiger partial charge on any atom is 0.270 e. The second-order valence-electron chi connectivity index (χ2n) is 6.39. The highest BCUT2D eigenvalue weighted by Gasteiger charge is 2.08. The first-order valence-electron chi connectivity index (χ1n) is 8.12. The van der Waals surface area contributed by atoms with Gasteiger partial charge in [-0.2, -0.15) is 0 Å². The molecule has 25 heavy (non-hydrogen) atoms. The minimum atomic E-state index is -0.351. The van der Waals surface area contributed by atoms with E-state index in [9.17, 15) is 10.1 Å². The zero-order valence-corrected chi connectivity index (χ0v) is 13.3. The van der Waals surface area contributed by atoms with E-state index in [0.717, 1.165) is 21.5 Å². The van der Waals surface area contributed by atoms with Crippen molar-refractivity contribution in [3.8, 4) is 0 Å². The van der Waals surface area contributed by atoms with Gasteiger partial charge in [0.05, 0.1) is 4.92 Å². The van der Waals surface area contributed by atoms with Crippen LogP contribution in [-0.2, 0) is 0 Å². The Balaban J connectivity index is 1.84. The molecule has 0 unspecified atom stereocenters. The van der Waals surface area contributed by atoms with Crippen LogP contribution in [-0.4, -0.2) is 4.92 Å². The summed E-state index contributed by atoms with van der Waals surface area (Å²) in [5.41, 5.74) is 0.124. The van der Waals surface area contributed by atoms with Gasteiger partial charge < -0.3 is 0 Å². The SMILES string of the molecule is O=[N+]([O-])c1ccc2cc3cc4cc5ccccc5cc4cc3cc2c1. The fourth-order valence-corrected chi connectivity index (χ4v) is 3.54. The van der Waals surface area contributed by atoms with E-state index in [-0.39, 0.29) is 10.6 Å². The highest BCUT2D eigenvalue weighted by atomic mass is 16.6. The Bertz CT molecular complexity index is 1320. The molecule has 118 valence electrons. The van der Waals surface area contributed by atoms with Crippen LogP contribution in [0.5, 0.6) is 0 Å². The largest absolute Gasteiger partial charge is 0.270 e. The minimum Gasteiger partial charge on any atom is -0.258 e. The molecule has 0 bridgehead atoms. The molecule has 3 nitrogen and oxygen atoms in total. The monoisotopic (exact) mass is 323 g/mol. The molecule has 0 aliphatic heterocycles. The molecule has 0 aromatic heterocycles. The smallest absolute Gasteiger partial charge is 0.258 e. The summed E-state index contributed by atoms with van der Waals surface area (Å²) < 4.78 is 0. The molecular weight excluding hydrogens is 310 g/mol. The number of fused-ring (bicyclic) bond motifs is 4. The Labute approximate surface area is 143 Å². The zero-order chi connectivity index (χ0) is 17.0. The molecular formula is C22H13NO2.